The van der Waals surface area contributed by atoms with Crippen molar-refractivity contribution in [3.63, 3.8) is 0 Å². The number of rotatable bonds is 4. The first-order valence-corrected chi connectivity index (χ1v) is 6.55. The minimum Gasteiger partial charge on any atom is -0.355 e. The van der Waals surface area contributed by atoms with E-state index in [9.17, 15) is 0 Å². The normalized spacial score (nSPS) is 20.2. The predicted octanol–water partition coefficient (Wildman–Crippen LogP) is 1.62. The van der Waals surface area contributed by atoms with E-state index in [1.165, 1.54) is 12.8 Å². The van der Waals surface area contributed by atoms with Crippen molar-refractivity contribution in [2.75, 3.05) is 25.0 Å². The SMILES string of the molecule is CCCc1cc(N(C)C2CCCNC2)ncn1. The molecule has 2 heterocycles. The standard InChI is InChI=1S/C13H22N4/c1-3-5-11-8-13(16-10-15-11)17(2)12-6-4-7-14-9-12/h8,10,12,14H,3-7,9H2,1-2H3. The summed E-state index contributed by atoms with van der Waals surface area (Å²) in [5.41, 5.74) is 1.15. The zero-order chi connectivity index (χ0) is 12.1. The van der Waals surface area contributed by atoms with E-state index < -0.39 is 0 Å². The van der Waals surface area contributed by atoms with E-state index in [-0.39, 0.29) is 0 Å². The summed E-state index contributed by atoms with van der Waals surface area (Å²) in [7, 11) is 2.13. The van der Waals surface area contributed by atoms with Crippen molar-refractivity contribution in [2.45, 2.75) is 38.6 Å². The van der Waals surface area contributed by atoms with Crippen LogP contribution in [0.5, 0.6) is 0 Å². The Morgan fingerprint density at radius 3 is 3.06 bits per heavy atom. The summed E-state index contributed by atoms with van der Waals surface area (Å²) < 4.78 is 0. The van der Waals surface area contributed by atoms with Crippen LogP contribution in [0.15, 0.2) is 12.4 Å². The molecule has 1 aliphatic rings. The Bertz CT molecular complexity index is 347. The maximum atomic E-state index is 4.38. The van der Waals surface area contributed by atoms with Crippen LogP contribution in [-0.4, -0.2) is 36.1 Å². The number of aromatic nitrogens is 2. The van der Waals surface area contributed by atoms with Crippen LogP contribution in [0.3, 0.4) is 0 Å². The molecule has 1 aromatic rings. The zero-order valence-corrected chi connectivity index (χ0v) is 10.8. The van der Waals surface area contributed by atoms with Crippen LogP contribution in [-0.2, 0) is 6.42 Å². The fourth-order valence-corrected chi connectivity index (χ4v) is 2.32. The highest BCUT2D eigenvalue weighted by Crippen LogP contribution is 2.17. The largest absolute Gasteiger partial charge is 0.355 e. The number of piperidine rings is 1. The Balaban J connectivity index is 2.06. The molecule has 0 bridgehead atoms. The lowest BCUT2D eigenvalue weighted by molar-refractivity contribution is 0.443. The predicted molar refractivity (Wildman–Crippen MR) is 70.3 cm³/mol. The molecule has 0 spiro atoms. The molecule has 94 valence electrons. The maximum absolute atomic E-state index is 4.38. The molecule has 17 heavy (non-hydrogen) atoms. The fraction of sp³-hybridized carbons (Fsp3) is 0.692. The van der Waals surface area contributed by atoms with Crippen molar-refractivity contribution < 1.29 is 0 Å². The Hall–Kier alpha value is -1.16. The summed E-state index contributed by atoms with van der Waals surface area (Å²) in [5.74, 6) is 1.05. The highest BCUT2D eigenvalue weighted by atomic mass is 15.2. The molecule has 1 N–H and O–H groups in total. The monoisotopic (exact) mass is 234 g/mol. The maximum Gasteiger partial charge on any atom is 0.132 e. The molecule has 1 unspecified atom stereocenters. The number of nitrogens with one attached hydrogen (secondary N) is 1. The van der Waals surface area contributed by atoms with Crippen molar-refractivity contribution >= 4 is 5.82 Å². The molecule has 0 amide bonds. The van der Waals surface area contributed by atoms with Gasteiger partial charge in [-0.15, -0.1) is 0 Å². The van der Waals surface area contributed by atoms with Crippen molar-refractivity contribution in [3.8, 4) is 0 Å². The van der Waals surface area contributed by atoms with Gasteiger partial charge in [-0.25, -0.2) is 9.97 Å². The van der Waals surface area contributed by atoms with Gasteiger partial charge in [0.15, 0.2) is 0 Å². The van der Waals surface area contributed by atoms with Gasteiger partial charge in [-0.1, -0.05) is 13.3 Å². The molecule has 1 atom stereocenters. The van der Waals surface area contributed by atoms with Gasteiger partial charge < -0.3 is 10.2 Å². The first-order chi connectivity index (χ1) is 8.31. The quantitative estimate of drug-likeness (QED) is 0.859. The summed E-state index contributed by atoms with van der Waals surface area (Å²) in [6.07, 6.45) is 6.35. The van der Waals surface area contributed by atoms with Crippen molar-refractivity contribution in [3.05, 3.63) is 18.1 Å². The number of nitrogens with zero attached hydrogens (tertiary/aromatic N) is 3. The van der Waals surface area contributed by atoms with Crippen LogP contribution in [0.2, 0.25) is 0 Å². The lowest BCUT2D eigenvalue weighted by Gasteiger charge is -2.32. The molecule has 0 aromatic carbocycles. The summed E-state index contributed by atoms with van der Waals surface area (Å²) in [4.78, 5) is 11.0. The Labute approximate surface area is 103 Å². The number of likely N-dealkylation sites (N-methyl/N-ethyl adjacent to an activating group) is 1. The summed E-state index contributed by atoms with van der Waals surface area (Å²) >= 11 is 0. The van der Waals surface area contributed by atoms with Crippen LogP contribution in [0.1, 0.15) is 31.9 Å². The molecule has 1 saturated heterocycles. The van der Waals surface area contributed by atoms with Gasteiger partial charge in [0.1, 0.15) is 12.1 Å². The molecular weight excluding hydrogens is 212 g/mol. The van der Waals surface area contributed by atoms with Crippen LogP contribution < -0.4 is 10.2 Å². The first-order valence-electron chi connectivity index (χ1n) is 6.55. The summed E-state index contributed by atoms with van der Waals surface area (Å²) in [6.45, 7) is 4.38. The van der Waals surface area contributed by atoms with Gasteiger partial charge in [0.05, 0.1) is 0 Å². The minimum absolute atomic E-state index is 0.563. The third-order valence-electron chi connectivity index (χ3n) is 3.40. The second-order valence-corrected chi connectivity index (χ2v) is 4.73. The molecule has 1 aromatic heterocycles. The topological polar surface area (TPSA) is 41.0 Å². The number of anilines is 1. The average Bonchev–Trinajstić information content (AvgIpc) is 2.40. The van der Waals surface area contributed by atoms with E-state index in [2.05, 4.69) is 40.2 Å². The van der Waals surface area contributed by atoms with E-state index in [1.807, 2.05) is 0 Å². The molecule has 0 aliphatic carbocycles. The van der Waals surface area contributed by atoms with E-state index >= 15 is 0 Å². The van der Waals surface area contributed by atoms with E-state index in [0.29, 0.717) is 6.04 Å². The average molecular weight is 234 g/mol. The Morgan fingerprint density at radius 2 is 2.35 bits per heavy atom. The van der Waals surface area contributed by atoms with Crippen molar-refractivity contribution in [1.29, 1.82) is 0 Å². The number of hydrogen-bond acceptors (Lipinski definition) is 4. The highest BCUT2D eigenvalue weighted by Gasteiger charge is 2.18. The van der Waals surface area contributed by atoms with Gasteiger partial charge in [0.25, 0.3) is 0 Å². The number of aryl methyl sites for hydroxylation is 1. The van der Waals surface area contributed by atoms with Gasteiger partial charge in [0, 0.05) is 31.4 Å². The lowest BCUT2D eigenvalue weighted by Crippen LogP contribution is -2.44. The zero-order valence-electron chi connectivity index (χ0n) is 10.8. The van der Waals surface area contributed by atoms with Gasteiger partial charge in [0.2, 0.25) is 0 Å². The van der Waals surface area contributed by atoms with Crippen molar-refractivity contribution in [1.82, 2.24) is 15.3 Å². The molecule has 0 saturated carbocycles. The third kappa shape index (κ3) is 3.16. The molecular formula is C13H22N4. The lowest BCUT2D eigenvalue weighted by atomic mass is 10.1. The Kier molecular flexibility index (Phi) is 4.31. The van der Waals surface area contributed by atoms with Gasteiger partial charge in [-0.2, -0.15) is 0 Å². The summed E-state index contributed by atoms with van der Waals surface area (Å²) in [6, 6.07) is 2.69. The third-order valence-corrected chi connectivity index (χ3v) is 3.40. The fourth-order valence-electron chi connectivity index (χ4n) is 2.32. The molecule has 4 nitrogen and oxygen atoms in total. The molecule has 4 heteroatoms. The second-order valence-electron chi connectivity index (χ2n) is 4.73. The van der Waals surface area contributed by atoms with E-state index in [4.69, 9.17) is 0 Å². The smallest absolute Gasteiger partial charge is 0.132 e. The van der Waals surface area contributed by atoms with Crippen LogP contribution >= 0.6 is 0 Å². The molecule has 1 aliphatic heterocycles. The van der Waals surface area contributed by atoms with Gasteiger partial charge in [-0.3, -0.25) is 0 Å². The highest BCUT2D eigenvalue weighted by molar-refractivity contribution is 5.39. The first kappa shape index (κ1) is 12.3. The van der Waals surface area contributed by atoms with E-state index in [0.717, 1.165) is 37.4 Å². The van der Waals surface area contributed by atoms with Crippen molar-refractivity contribution in [2.24, 2.45) is 0 Å². The second kappa shape index (κ2) is 5.96. The molecule has 1 fully saturated rings. The van der Waals surface area contributed by atoms with Crippen LogP contribution in [0.4, 0.5) is 5.82 Å². The molecule has 0 radical (unpaired) electrons. The van der Waals surface area contributed by atoms with E-state index in [1.54, 1.807) is 6.33 Å². The summed E-state index contributed by atoms with van der Waals surface area (Å²) in [5, 5.41) is 3.44. The Morgan fingerprint density at radius 1 is 1.47 bits per heavy atom. The van der Waals surface area contributed by atoms with Gasteiger partial charge in [-0.05, 0) is 25.8 Å². The molecule has 2 rings (SSSR count). The number of hydrogen-bond donors (Lipinski definition) is 1. The van der Waals surface area contributed by atoms with Crippen LogP contribution in [0, 0.1) is 0 Å². The minimum atomic E-state index is 0.563. The van der Waals surface area contributed by atoms with Crippen LogP contribution in [0.25, 0.3) is 0 Å². The van der Waals surface area contributed by atoms with Gasteiger partial charge >= 0.3 is 0 Å².